The van der Waals surface area contributed by atoms with E-state index in [0.29, 0.717) is 30.0 Å². The molecule has 1 aliphatic heterocycles. The van der Waals surface area contributed by atoms with Crippen molar-refractivity contribution in [2.45, 2.75) is 84.7 Å². The molecule has 1 spiro atoms. The van der Waals surface area contributed by atoms with Crippen LogP contribution < -0.4 is 0 Å². The predicted octanol–water partition coefficient (Wildman–Crippen LogP) is 5.09. The van der Waals surface area contributed by atoms with Gasteiger partial charge in [0.15, 0.2) is 5.78 Å². The number of allylic oxidation sites excluding steroid dienone is 1. The van der Waals surface area contributed by atoms with E-state index < -0.39 is 0 Å². The normalized spacial score (nSPS) is 63.7. The van der Waals surface area contributed by atoms with E-state index in [0.717, 1.165) is 31.1 Å². The first-order chi connectivity index (χ1) is 13.6. The quantitative estimate of drug-likeness (QED) is 0.538. The summed E-state index contributed by atoms with van der Waals surface area (Å²) in [5.74, 6) is 3.81. The van der Waals surface area contributed by atoms with Gasteiger partial charge in [-0.25, -0.2) is 0 Å². The lowest BCUT2D eigenvalue weighted by Gasteiger charge is -2.69. The highest BCUT2D eigenvalue weighted by Gasteiger charge is 2.87. The second-order valence-electron chi connectivity index (χ2n) is 12.7. The van der Waals surface area contributed by atoms with Crippen LogP contribution in [0.3, 0.4) is 0 Å². The Morgan fingerprint density at radius 3 is 2.45 bits per heavy atom. The molecular formula is C26H34O3. The van der Waals surface area contributed by atoms with Crippen LogP contribution in [-0.2, 0) is 14.3 Å². The Bertz CT molecular complexity index is 919. The fourth-order valence-electron chi connectivity index (χ4n) is 10.8. The SMILES string of the molecule is CC12CCC(=O)C=C1C1CC1C1C2(C)CCC2(C)C3(CCC(=O)O3)C3CC3C12C. The molecular weight excluding hydrogens is 360 g/mol. The van der Waals surface area contributed by atoms with Gasteiger partial charge in [0, 0.05) is 24.2 Å². The molecule has 29 heavy (non-hydrogen) atoms. The summed E-state index contributed by atoms with van der Waals surface area (Å²) in [7, 11) is 0. The van der Waals surface area contributed by atoms with E-state index in [1.807, 2.05) is 0 Å². The molecule has 1 saturated heterocycles. The monoisotopic (exact) mass is 394 g/mol. The maximum Gasteiger partial charge on any atom is 0.306 e. The highest BCUT2D eigenvalue weighted by Crippen LogP contribution is 2.89. The van der Waals surface area contributed by atoms with Crippen molar-refractivity contribution in [2.24, 2.45) is 51.2 Å². The molecule has 10 unspecified atom stereocenters. The van der Waals surface area contributed by atoms with Crippen LogP contribution >= 0.6 is 0 Å². The van der Waals surface area contributed by atoms with Gasteiger partial charge in [-0.3, -0.25) is 9.59 Å². The number of ether oxygens (including phenoxy) is 1. The van der Waals surface area contributed by atoms with Crippen molar-refractivity contribution in [1.29, 1.82) is 0 Å². The Morgan fingerprint density at radius 1 is 0.931 bits per heavy atom. The molecule has 3 nitrogen and oxygen atoms in total. The van der Waals surface area contributed by atoms with Crippen molar-refractivity contribution in [3.8, 4) is 0 Å². The van der Waals surface area contributed by atoms with E-state index in [1.165, 1.54) is 31.3 Å². The molecule has 7 rings (SSSR count). The molecule has 0 N–H and O–H groups in total. The van der Waals surface area contributed by atoms with E-state index in [1.54, 1.807) is 0 Å². The van der Waals surface area contributed by atoms with Gasteiger partial charge in [0.25, 0.3) is 0 Å². The summed E-state index contributed by atoms with van der Waals surface area (Å²) in [5.41, 5.74) is 2.11. The van der Waals surface area contributed by atoms with Crippen molar-refractivity contribution in [3.63, 3.8) is 0 Å². The van der Waals surface area contributed by atoms with Crippen molar-refractivity contribution in [2.75, 3.05) is 0 Å². The largest absolute Gasteiger partial charge is 0.458 e. The first-order valence-electron chi connectivity index (χ1n) is 12.1. The predicted molar refractivity (Wildman–Crippen MR) is 109 cm³/mol. The lowest BCUT2D eigenvalue weighted by Crippen LogP contribution is -2.65. The fourth-order valence-corrected chi connectivity index (χ4v) is 10.8. The smallest absolute Gasteiger partial charge is 0.306 e. The molecule has 6 fully saturated rings. The zero-order valence-corrected chi connectivity index (χ0v) is 18.3. The molecule has 7 aliphatic rings. The number of carbonyl (C=O) groups is 2. The average molecular weight is 395 g/mol. The van der Waals surface area contributed by atoms with Gasteiger partial charge < -0.3 is 4.74 Å². The van der Waals surface area contributed by atoms with Gasteiger partial charge in [-0.05, 0) is 84.5 Å². The van der Waals surface area contributed by atoms with Crippen LogP contribution in [-0.4, -0.2) is 17.4 Å². The molecule has 0 aromatic rings. The minimum Gasteiger partial charge on any atom is -0.458 e. The molecule has 5 saturated carbocycles. The Kier molecular flexibility index (Phi) is 2.76. The van der Waals surface area contributed by atoms with Crippen LogP contribution in [0.2, 0.25) is 0 Å². The Morgan fingerprint density at radius 2 is 1.72 bits per heavy atom. The first kappa shape index (κ1) is 17.5. The highest BCUT2D eigenvalue weighted by molar-refractivity contribution is 5.92. The second-order valence-corrected chi connectivity index (χ2v) is 12.7. The van der Waals surface area contributed by atoms with Crippen molar-refractivity contribution in [1.82, 2.24) is 0 Å². The summed E-state index contributed by atoms with van der Waals surface area (Å²) in [6.07, 6.45) is 10.3. The molecule has 10 atom stereocenters. The van der Waals surface area contributed by atoms with Gasteiger partial charge >= 0.3 is 5.97 Å². The summed E-state index contributed by atoms with van der Waals surface area (Å²) in [6.45, 7) is 10.2. The number of rotatable bonds is 0. The van der Waals surface area contributed by atoms with Crippen LogP contribution in [0.25, 0.3) is 0 Å². The van der Waals surface area contributed by atoms with Crippen molar-refractivity contribution < 1.29 is 14.3 Å². The van der Waals surface area contributed by atoms with Gasteiger partial charge in [-0.15, -0.1) is 0 Å². The van der Waals surface area contributed by atoms with Gasteiger partial charge in [0.05, 0.1) is 0 Å². The molecule has 0 aromatic heterocycles. The maximum atomic E-state index is 12.3. The van der Waals surface area contributed by atoms with Crippen LogP contribution in [0.5, 0.6) is 0 Å². The van der Waals surface area contributed by atoms with E-state index in [2.05, 4.69) is 33.8 Å². The number of carbonyl (C=O) groups excluding carboxylic acids is 2. The maximum absolute atomic E-state index is 12.3. The third-order valence-electron chi connectivity index (χ3n) is 12.5. The van der Waals surface area contributed by atoms with E-state index >= 15 is 0 Å². The molecule has 0 amide bonds. The Balaban J connectivity index is 1.41. The minimum atomic E-state index is -0.186. The fraction of sp³-hybridized carbons (Fsp3) is 0.846. The molecule has 0 radical (unpaired) electrons. The summed E-state index contributed by atoms with van der Waals surface area (Å²) in [5, 5.41) is 0. The average Bonchev–Trinajstić information content (AvgIpc) is 3.57. The number of hydrogen-bond acceptors (Lipinski definition) is 3. The summed E-state index contributed by atoms with van der Waals surface area (Å²) in [4.78, 5) is 24.6. The lowest BCUT2D eigenvalue weighted by molar-refractivity contribution is -0.224. The molecule has 0 aromatic carbocycles. The van der Waals surface area contributed by atoms with Crippen LogP contribution in [0.15, 0.2) is 11.6 Å². The third kappa shape index (κ3) is 1.54. The number of fused-ring (bicyclic) bond motifs is 12. The summed E-state index contributed by atoms with van der Waals surface area (Å²) >= 11 is 0. The summed E-state index contributed by atoms with van der Waals surface area (Å²) < 4.78 is 6.31. The molecule has 3 heteroatoms. The third-order valence-corrected chi connectivity index (χ3v) is 12.5. The number of hydrogen-bond donors (Lipinski definition) is 0. The number of esters is 1. The van der Waals surface area contributed by atoms with Crippen LogP contribution in [0, 0.1) is 51.2 Å². The molecule has 1 heterocycles. The highest BCUT2D eigenvalue weighted by atomic mass is 16.6. The van der Waals surface area contributed by atoms with Crippen molar-refractivity contribution in [3.05, 3.63) is 11.6 Å². The summed E-state index contributed by atoms with van der Waals surface area (Å²) in [6, 6.07) is 0. The number of ketones is 1. The van der Waals surface area contributed by atoms with Gasteiger partial charge in [-0.1, -0.05) is 33.3 Å². The van der Waals surface area contributed by atoms with E-state index in [4.69, 9.17) is 4.74 Å². The van der Waals surface area contributed by atoms with Gasteiger partial charge in [-0.2, -0.15) is 0 Å². The van der Waals surface area contributed by atoms with E-state index in [-0.39, 0.29) is 33.2 Å². The Hall–Kier alpha value is -1.12. The van der Waals surface area contributed by atoms with E-state index in [9.17, 15) is 9.59 Å². The van der Waals surface area contributed by atoms with Crippen LogP contribution in [0.1, 0.15) is 79.1 Å². The zero-order chi connectivity index (χ0) is 20.2. The van der Waals surface area contributed by atoms with Crippen LogP contribution in [0.4, 0.5) is 0 Å². The standard InChI is InChI=1S/C26H34O3/c1-22-7-5-14(27)11-17(22)15-12-16(15)21-23(22,2)9-10-24(3)25(21,4)18-13-19(18)26(24)8-6-20(28)29-26/h11,15-16,18-19,21H,5-10,12-13H2,1-4H3. The Labute approximate surface area is 174 Å². The minimum absolute atomic E-state index is 0.0466. The van der Waals surface area contributed by atoms with Crippen molar-refractivity contribution >= 4 is 11.8 Å². The molecule has 6 aliphatic carbocycles. The second kappa shape index (κ2) is 4.55. The zero-order valence-electron chi connectivity index (χ0n) is 18.3. The first-order valence-corrected chi connectivity index (χ1v) is 12.1. The molecule has 0 bridgehead atoms. The van der Waals surface area contributed by atoms with Gasteiger partial charge in [0.2, 0.25) is 0 Å². The van der Waals surface area contributed by atoms with Gasteiger partial charge in [0.1, 0.15) is 5.60 Å². The lowest BCUT2D eigenvalue weighted by atomic mass is 9.35. The molecule has 156 valence electrons. The topological polar surface area (TPSA) is 43.4 Å².